The first kappa shape index (κ1) is 33.7. The number of benzene rings is 9. The molecule has 0 aliphatic carbocycles. The molecule has 0 spiro atoms. The molecule has 0 saturated carbocycles. The summed E-state index contributed by atoms with van der Waals surface area (Å²) in [6.07, 6.45) is 0. The van der Waals surface area contributed by atoms with Crippen LogP contribution in [-0.2, 0) is 5.41 Å². The van der Waals surface area contributed by atoms with Crippen LogP contribution < -0.4 is 4.90 Å². The molecule has 0 aliphatic rings. The number of rotatable bonds is 6. The van der Waals surface area contributed by atoms with Gasteiger partial charge in [-0.25, -0.2) is 0 Å². The molecule has 0 N–H and O–H groups in total. The van der Waals surface area contributed by atoms with Crippen molar-refractivity contribution in [3.63, 3.8) is 0 Å². The number of hydrogen-bond donors (Lipinski definition) is 0. The second-order valence-corrected chi connectivity index (χ2v) is 15.8. The first-order valence-electron chi connectivity index (χ1n) is 19.4. The van der Waals surface area contributed by atoms with Gasteiger partial charge in [0.15, 0.2) is 0 Å². The molecule has 10 aromatic rings. The van der Waals surface area contributed by atoms with Crippen LogP contribution in [0.3, 0.4) is 0 Å². The number of furan rings is 1. The van der Waals surface area contributed by atoms with Gasteiger partial charge < -0.3 is 9.32 Å². The van der Waals surface area contributed by atoms with Crippen molar-refractivity contribution in [1.82, 2.24) is 0 Å². The summed E-state index contributed by atoms with van der Waals surface area (Å²) >= 11 is 0. The minimum absolute atomic E-state index is 0.0286. The predicted octanol–water partition coefficient (Wildman–Crippen LogP) is 15.7. The average molecular weight is 720 g/mol. The van der Waals surface area contributed by atoms with Gasteiger partial charge >= 0.3 is 0 Å². The Bertz CT molecular complexity index is 3070. The molecule has 0 fully saturated rings. The van der Waals surface area contributed by atoms with E-state index < -0.39 is 0 Å². The zero-order valence-electron chi connectivity index (χ0n) is 31.8. The van der Waals surface area contributed by atoms with Crippen molar-refractivity contribution < 1.29 is 4.42 Å². The van der Waals surface area contributed by atoms with E-state index in [-0.39, 0.29) is 5.41 Å². The van der Waals surface area contributed by atoms with Crippen molar-refractivity contribution in [3.8, 4) is 33.4 Å². The highest BCUT2D eigenvalue weighted by atomic mass is 16.3. The second kappa shape index (κ2) is 13.4. The third kappa shape index (κ3) is 5.82. The summed E-state index contributed by atoms with van der Waals surface area (Å²) < 4.78 is 6.36. The highest BCUT2D eigenvalue weighted by molar-refractivity contribution is 6.12. The molecule has 0 bridgehead atoms. The molecule has 1 heterocycles. The first-order chi connectivity index (χ1) is 27.4. The summed E-state index contributed by atoms with van der Waals surface area (Å²) in [4.78, 5) is 2.49. The Morgan fingerprint density at radius 3 is 1.84 bits per heavy atom. The van der Waals surface area contributed by atoms with Gasteiger partial charge in [-0.2, -0.15) is 0 Å². The van der Waals surface area contributed by atoms with E-state index in [9.17, 15) is 0 Å². The van der Waals surface area contributed by atoms with Crippen LogP contribution in [0.5, 0.6) is 0 Å². The van der Waals surface area contributed by atoms with Gasteiger partial charge in [0.2, 0.25) is 0 Å². The first-order valence-corrected chi connectivity index (χ1v) is 19.4. The van der Waals surface area contributed by atoms with E-state index in [2.05, 4.69) is 208 Å². The highest BCUT2D eigenvalue weighted by Crippen LogP contribution is 2.49. The fraction of sp³-hybridized carbons (Fsp3) is 0.0741. The van der Waals surface area contributed by atoms with Gasteiger partial charge in [0.25, 0.3) is 0 Å². The highest BCUT2D eigenvalue weighted by Gasteiger charge is 2.25. The van der Waals surface area contributed by atoms with E-state index in [1.165, 1.54) is 49.4 Å². The molecule has 1 aromatic heterocycles. The normalized spacial score (nSPS) is 11.8. The predicted molar refractivity (Wildman–Crippen MR) is 238 cm³/mol. The lowest BCUT2D eigenvalue weighted by molar-refractivity contribution is 0.590. The summed E-state index contributed by atoms with van der Waals surface area (Å²) in [5.74, 6) is 0. The topological polar surface area (TPSA) is 16.4 Å². The molecule has 56 heavy (non-hydrogen) atoms. The Morgan fingerprint density at radius 2 is 1.02 bits per heavy atom. The largest absolute Gasteiger partial charge is 0.456 e. The van der Waals surface area contributed by atoms with Crippen LogP contribution in [0.2, 0.25) is 0 Å². The lowest BCUT2D eigenvalue weighted by atomic mass is 9.84. The molecule has 0 radical (unpaired) electrons. The standard InChI is InChI=1S/C54H41NO/c1-54(2,3)41-29-32-49(48(35-41)37-15-5-4-6-16-37)55(42-21-13-20-39(33-42)40-27-30-46-45-24-11-12-26-51(45)56-52(46)34-40)50-31-28-38-18-8-10-23-44(38)53(50)47-25-14-19-36-17-7-9-22-43(36)47/h4-35H,1-3H3. The molecule has 0 amide bonds. The Kier molecular flexibility index (Phi) is 8.08. The smallest absolute Gasteiger partial charge is 0.136 e. The summed E-state index contributed by atoms with van der Waals surface area (Å²) in [6, 6.07) is 70.5. The Morgan fingerprint density at radius 1 is 0.393 bits per heavy atom. The van der Waals surface area contributed by atoms with Gasteiger partial charge in [-0.3, -0.25) is 0 Å². The third-order valence-electron chi connectivity index (χ3n) is 11.2. The molecular weight excluding hydrogens is 679 g/mol. The molecule has 0 saturated heterocycles. The second-order valence-electron chi connectivity index (χ2n) is 15.8. The van der Waals surface area contributed by atoms with Crippen LogP contribution in [0.15, 0.2) is 199 Å². The Hall–Kier alpha value is -6.90. The summed E-state index contributed by atoms with van der Waals surface area (Å²) in [5, 5.41) is 7.14. The van der Waals surface area contributed by atoms with Crippen LogP contribution in [0.1, 0.15) is 26.3 Å². The van der Waals surface area contributed by atoms with Crippen LogP contribution in [-0.4, -0.2) is 0 Å². The van der Waals surface area contributed by atoms with Crippen molar-refractivity contribution in [2.45, 2.75) is 26.2 Å². The summed E-state index contributed by atoms with van der Waals surface area (Å²) in [7, 11) is 0. The molecule has 268 valence electrons. The maximum atomic E-state index is 6.36. The Balaban J connectivity index is 1.27. The van der Waals surface area contributed by atoms with E-state index in [4.69, 9.17) is 4.42 Å². The maximum absolute atomic E-state index is 6.36. The van der Waals surface area contributed by atoms with E-state index in [0.29, 0.717) is 0 Å². The van der Waals surface area contributed by atoms with Gasteiger partial charge in [-0.1, -0.05) is 166 Å². The zero-order chi connectivity index (χ0) is 37.8. The fourth-order valence-corrected chi connectivity index (χ4v) is 8.36. The van der Waals surface area contributed by atoms with Crippen molar-refractivity contribution in [1.29, 1.82) is 0 Å². The van der Waals surface area contributed by atoms with Gasteiger partial charge in [0, 0.05) is 27.6 Å². The van der Waals surface area contributed by atoms with E-state index >= 15 is 0 Å². The molecule has 0 aliphatic heterocycles. The van der Waals surface area contributed by atoms with E-state index in [1.54, 1.807) is 0 Å². The summed E-state index contributed by atoms with van der Waals surface area (Å²) in [5.41, 5.74) is 13.4. The molecule has 2 heteroatoms. The van der Waals surface area contributed by atoms with Gasteiger partial charge in [-0.05, 0) is 103 Å². The van der Waals surface area contributed by atoms with E-state index in [0.717, 1.165) is 50.1 Å². The minimum Gasteiger partial charge on any atom is -0.456 e. The van der Waals surface area contributed by atoms with Crippen molar-refractivity contribution in [2.75, 3.05) is 4.90 Å². The van der Waals surface area contributed by atoms with Crippen LogP contribution >= 0.6 is 0 Å². The molecule has 10 rings (SSSR count). The Labute approximate surface area is 327 Å². The monoisotopic (exact) mass is 719 g/mol. The van der Waals surface area contributed by atoms with Crippen molar-refractivity contribution in [2.24, 2.45) is 0 Å². The van der Waals surface area contributed by atoms with Crippen molar-refractivity contribution in [3.05, 3.63) is 200 Å². The number of nitrogens with zero attached hydrogens (tertiary/aromatic N) is 1. The van der Waals surface area contributed by atoms with Gasteiger partial charge in [0.05, 0.1) is 11.4 Å². The molecule has 9 aromatic carbocycles. The number of fused-ring (bicyclic) bond motifs is 5. The summed E-state index contributed by atoms with van der Waals surface area (Å²) in [6.45, 7) is 6.87. The average Bonchev–Trinajstić information content (AvgIpc) is 3.62. The third-order valence-corrected chi connectivity index (χ3v) is 11.2. The van der Waals surface area contributed by atoms with Crippen molar-refractivity contribution >= 4 is 60.5 Å². The number of hydrogen-bond acceptors (Lipinski definition) is 2. The van der Waals surface area contributed by atoms with Crippen LogP contribution in [0, 0.1) is 0 Å². The lowest BCUT2D eigenvalue weighted by Gasteiger charge is -2.32. The molecule has 0 unspecified atom stereocenters. The van der Waals surface area contributed by atoms with Gasteiger partial charge in [-0.15, -0.1) is 0 Å². The zero-order valence-corrected chi connectivity index (χ0v) is 31.8. The van der Waals surface area contributed by atoms with E-state index in [1.807, 2.05) is 12.1 Å². The minimum atomic E-state index is -0.0286. The van der Waals surface area contributed by atoms with Gasteiger partial charge in [0.1, 0.15) is 11.2 Å². The van der Waals surface area contributed by atoms with Crippen LogP contribution in [0.25, 0.3) is 76.9 Å². The molecule has 2 nitrogen and oxygen atoms in total. The lowest BCUT2D eigenvalue weighted by Crippen LogP contribution is -2.15. The fourth-order valence-electron chi connectivity index (χ4n) is 8.36. The number of para-hydroxylation sites is 1. The molecular formula is C54H41NO. The quantitative estimate of drug-likeness (QED) is 0.170. The maximum Gasteiger partial charge on any atom is 0.136 e. The molecule has 0 atom stereocenters. The van der Waals surface area contributed by atoms with Crippen LogP contribution in [0.4, 0.5) is 17.1 Å². The number of anilines is 3. The SMILES string of the molecule is CC(C)(C)c1ccc(N(c2cccc(-c3ccc4c(c3)oc3ccccc34)c2)c2ccc3ccccc3c2-c2cccc3ccccc23)c(-c2ccccc2)c1.